The third-order valence-electron chi connectivity index (χ3n) is 4.00. The van der Waals surface area contributed by atoms with Gasteiger partial charge in [-0.25, -0.2) is 4.39 Å². The number of benzene rings is 1. The molecule has 1 aromatic carbocycles. The normalized spacial score (nSPS) is 22.9. The maximum atomic E-state index is 12.9. The van der Waals surface area contributed by atoms with Gasteiger partial charge in [-0.1, -0.05) is 32.4 Å². The van der Waals surface area contributed by atoms with E-state index in [1.54, 1.807) is 12.1 Å². The van der Waals surface area contributed by atoms with Crippen molar-refractivity contribution >= 4 is 0 Å². The van der Waals surface area contributed by atoms with Gasteiger partial charge in [0.05, 0.1) is 0 Å². The number of hydrogen-bond donors (Lipinski definition) is 1. The fraction of sp³-hybridized carbons (Fsp3) is 0.600. The van der Waals surface area contributed by atoms with Crippen LogP contribution in [0.5, 0.6) is 0 Å². The molecule has 0 spiro atoms. The van der Waals surface area contributed by atoms with Crippen molar-refractivity contribution in [2.24, 2.45) is 5.92 Å². The van der Waals surface area contributed by atoms with Gasteiger partial charge in [0.15, 0.2) is 0 Å². The van der Waals surface area contributed by atoms with Crippen molar-refractivity contribution in [2.75, 3.05) is 19.6 Å². The topological polar surface area (TPSA) is 15.3 Å². The van der Waals surface area contributed by atoms with Crippen molar-refractivity contribution in [3.8, 4) is 0 Å². The molecular formula is C15H23FN2. The van der Waals surface area contributed by atoms with E-state index in [1.165, 1.54) is 12.0 Å². The lowest BCUT2D eigenvalue weighted by molar-refractivity contribution is 0.109. The van der Waals surface area contributed by atoms with Crippen LogP contribution in [0.1, 0.15) is 25.8 Å². The highest BCUT2D eigenvalue weighted by atomic mass is 19.1. The highest BCUT2D eigenvalue weighted by molar-refractivity contribution is 5.16. The molecule has 1 fully saturated rings. The summed E-state index contributed by atoms with van der Waals surface area (Å²) in [5.74, 6) is 0.538. The molecule has 1 saturated heterocycles. The molecule has 0 bridgehead atoms. The Morgan fingerprint density at radius 3 is 2.78 bits per heavy atom. The van der Waals surface area contributed by atoms with Crippen LogP contribution in [-0.2, 0) is 6.54 Å². The van der Waals surface area contributed by atoms with Gasteiger partial charge in [-0.05, 0) is 23.6 Å². The molecule has 3 heteroatoms. The van der Waals surface area contributed by atoms with Crippen molar-refractivity contribution in [2.45, 2.75) is 32.9 Å². The van der Waals surface area contributed by atoms with Gasteiger partial charge in [0.2, 0.25) is 0 Å². The number of hydrogen-bond acceptors (Lipinski definition) is 2. The Kier molecular flexibility index (Phi) is 4.72. The van der Waals surface area contributed by atoms with Crippen molar-refractivity contribution in [1.29, 1.82) is 0 Å². The lowest BCUT2D eigenvalue weighted by Gasteiger charge is -2.39. The lowest BCUT2D eigenvalue weighted by Crippen LogP contribution is -2.53. The molecule has 1 aromatic rings. The van der Waals surface area contributed by atoms with Gasteiger partial charge in [0.1, 0.15) is 5.82 Å². The van der Waals surface area contributed by atoms with E-state index in [1.807, 2.05) is 12.1 Å². The summed E-state index contributed by atoms with van der Waals surface area (Å²) in [6.07, 6.45) is 1.20. The first-order valence-electron chi connectivity index (χ1n) is 6.90. The summed E-state index contributed by atoms with van der Waals surface area (Å²) >= 11 is 0. The van der Waals surface area contributed by atoms with E-state index >= 15 is 0 Å². The van der Waals surface area contributed by atoms with Gasteiger partial charge in [-0.15, -0.1) is 0 Å². The Bertz CT molecular complexity index is 363. The van der Waals surface area contributed by atoms with E-state index in [2.05, 4.69) is 24.1 Å². The fourth-order valence-electron chi connectivity index (χ4n) is 2.62. The zero-order valence-corrected chi connectivity index (χ0v) is 11.3. The molecule has 0 aliphatic carbocycles. The molecule has 1 aliphatic heterocycles. The summed E-state index contributed by atoms with van der Waals surface area (Å²) in [7, 11) is 0. The average molecular weight is 250 g/mol. The molecular weight excluding hydrogens is 227 g/mol. The minimum Gasteiger partial charge on any atom is -0.314 e. The molecule has 1 heterocycles. The van der Waals surface area contributed by atoms with E-state index < -0.39 is 0 Å². The second-order valence-corrected chi connectivity index (χ2v) is 5.25. The van der Waals surface area contributed by atoms with Crippen LogP contribution in [0.3, 0.4) is 0 Å². The summed E-state index contributed by atoms with van der Waals surface area (Å²) in [6, 6.07) is 7.48. The van der Waals surface area contributed by atoms with Gasteiger partial charge in [-0.3, -0.25) is 4.90 Å². The molecule has 2 atom stereocenters. The van der Waals surface area contributed by atoms with Crippen molar-refractivity contribution < 1.29 is 4.39 Å². The van der Waals surface area contributed by atoms with Gasteiger partial charge in [-0.2, -0.15) is 0 Å². The average Bonchev–Trinajstić information content (AvgIpc) is 2.41. The zero-order valence-electron chi connectivity index (χ0n) is 11.3. The van der Waals surface area contributed by atoms with E-state index in [0.29, 0.717) is 12.0 Å². The van der Waals surface area contributed by atoms with Gasteiger partial charge in [0.25, 0.3) is 0 Å². The van der Waals surface area contributed by atoms with Crippen LogP contribution in [0.25, 0.3) is 0 Å². The predicted molar refractivity (Wildman–Crippen MR) is 72.9 cm³/mol. The molecule has 0 radical (unpaired) electrons. The van der Waals surface area contributed by atoms with Gasteiger partial charge in [0, 0.05) is 32.2 Å². The third-order valence-corrected chi connectivity index (χ3v) is 4.00. The molecule has 2 nitrogen and oxygen atoms in total. The van der Waals surface area contributed by atoms with Crippen LogP contribution < -0.4 is 5.32 Å². The summed E-state index contributed by atoms with van der Waals surface area (Å²) < 4.78 is 12.9. The largest absolute Gasteiger partial charge is 0.314 e. The van der Waals surface area contributed by atoms with Crippen LogP contribution in [0.2, 0.25) is 0 Å². The van der Waals surface area contributed by atoms with Crippen LogP contribution in [0.15, 0.2) is 24.3 Å². The van der Waals surface area contributed by atoms with Crippen molar-refractivity contribution in [1.82, 2.24) is 10.2 Å². The van der Waals surface area contributed by atoms with Gasteiger partial charge >= 0.3 is 0 Å². The van der Waals surface area contributed by atoms with E-state index in [0.717, 1.165) is 26.2 Å². The number of nitrogens with one attached hydrogen (secondary N) is 1. The third kappa shape index (κ3) is 3.30. The molecule has 2 rings (SSSR count). The fourth-order valence-corrected chi connectivity index (χ4v) is 2.62. The second kappa shape index (κ2) is 6.30. The highest BCUT2D eigenvalue weighted by Gasteiger charge is 2.25. The highest BCUT2D eigenvalue weighted by Crippen LogP contribution is 2.19. The standard InChI is InChI=1S/C15H23FN2/c1-3-12(2)15-10-17-8-9-18(15)11-13-4-6-14(16)7-5-13/h4-7,12,15,17H,3,8-11H2,1-2H3. The molecule has 1 N–H and O–H groups in total. The SMILES string of the molecule is CCC(C)C1CNCCN1Cc1ccc(F)cc1. The number of nitrogens with zero attached hydrogens (tertiary/aromatic N) is 1. The smallest absolute Gasteiger partial charge is 0.123 e. The minimum atomic E-state index is -0.155. The quantitative estimate of drug-likeness (QED) is 0.883. The van der Waals surface area contributed by atoms with E-state index in [9.17, 15) is 4.39 Å². The summed E-state index contributed by atoms with van der Waals surface area (Å²) in [6.45, 7) is 8.68. The second-order valence-electron chi connectivity index (χ2n) is 5.25. The van der Waals surface area contributed by atoms with Crippen LogP contribution >= 0.6 is 0 Å². The summed E-state index contributed by atoms with van der Waals surface area (Å²) in [5, 5.41) is 3.47. The van der Waals surface area contributed by atoms with E-state index in [4.69, 9.17) is 0 Å². The molecule has 2 unspecified atom stereocenters. The van der Waals surface area contributed by atoms with Crippen LogP contribution in [0, 0.1) is 11.7 Å². The molecule has 100 valence electrons. The number of halogens is 1. The first-order valence-corrected chi connectivity index (χ1v) is 6.90. The molecule has 0 saturated carbocycles. The first kappa shape index (κ1) is 13.5. The monoisotopic (exact) mass is 250 g/mol. The Balaban J connectivity index is 2.03. The van der Waals surface area contributed by atoms with Crippen LogP contribution in [-0.4, -0.2) is 30.6 Å². The first-order chi connectivity index (χ1) is 8.70. The maximum absolute atomic E-state index is 12.9. The maximum Gasteiger partial charge on any atom is 0.123 e. The Labute approximate surface area is 109 Å². The summed E-state index contributed by atoms with van der Waals surface area (Å²) in [5.41, 5.74) is 1.20. The van der Waals surface area contributed by atoms with Gasteiger partial charge < -0.3 is 5.32 Å². The minimum absolute atomic E-state index is 0.155. The number of rotatable bonds is 4. The zero-order chi connectivity index (χ0) is 13.0. The molecule has 0 aromatic heterocycles. The lowest BCUT2D eigenvalue weighted by atomic mass is 9.95. The summed E-state index contributed by atoms with van der Waals surface area (Å²) in [4.78, 5) is 2.53. The Hall–Kier alpha value is -0.930. The molecule has 1 aliphatic rings. The van der Waals surface area contributed by atoms with Crippen molar-refractivity contribution in [3.05, 3.63) is 35.6 Å². The molecule has 0 amide bonds. The Morgan fingerprint density at radius 2 is 2.11 bits per heavy atom. The van der Waals surface area contributed by atoms with E-state index in [-0.39, 0.29) is 5.82 Å². The molecule has 18 heavy (non-hydrogen) atoms. The number of piperazine rings is 1. The van der Waals surface area contributed by atoms with Crippen LogP contribution in [0.4, 0.5) is 4.39 Å². The predicted octanol–water partition coefficient (Wildman–Crippen LogP) is 2.65. The Morgan fingerprint density at radius 1 is 1.39 bits per heavy atom. The van der Waals surface area contributed by atoms with Crippen molar-refractivity contribution in [3.63, 3.8) is 0 Å².